The van der Waals surface area contributed by atoms with Crippen molar-refractivity contribution in [1.82, 2.24) is 15.5 Å². The number of aliphatic imine (C=N–C) groups is 1. The van der Waals surface area contributed by atoms with Crippen LogP contribution >= 0.6 is 0 Å². The first kappa shape index (κ1) is 19.8. The molecule has 6 heteroatoms. The molecule has 1 aromatic carbocycles. The number of methoxy groups -OCH3 is 1. The average molecular weight is 397 g/mol. The smallest absolute Gasteiger partial charge is 0.191 e. The maximum atomic E-state index is 5.44. The molecule has 0 spiro atoms. The number of rotatable bonds is 8. The zero-order valence-electron chi connectivity index (χ0n) is 17.4. The van der Waals surface area contributed by atoms with Crippen LogP contribution in [-0.4, -0.2) is 49.2 Å². The molecule has 1 aliphatic heterocycles. The third-order valence-electron chi connectivity index (χ3n) is 5.80. The highest BCUT2D eigenvalue weighted by Crippen LogP contribution is 2.33. The van der Waals surface area contributed by atoms with Gasteiger partial charge in [-0.25, -0.2) is 4.99 Å². The van der Waals surface area contributed by atoms with E-state index in [0.717, 1.165) is 55.0 Å². The summed E-state index contributed by atoms with van der Waals surface area (Å²) in [5.74, 6) is 2.73. The van der Waals surface area contributed by atoms with Crippen molar-refractivity contribution in [1.29, 1.82) is 0 Å². The maximum absolute atomic E-state index is 5.44. The minimum Gasteiger partial charge on any atom is -0.497 e. The molecule has 0 radical (unpaired) electrons. The molecule has 2 N–H and O–H groups in total. The number of likely N-dealkylation sites (tertiary alicyclic amines) is 1. The second-order valence-electron chi connectivity index (χ2n) is 8.12. The predicted molar refractivity (Wildman–Crippen MR) is 115 cm³/mol. The first-order valence-electron chi connectivity index (χ1n) is 10.7. The predicted octanol–water partition coefficient (Wildman–Crippen LogP) is 3.19. The van der Waals surface area contributed by atoms with Crippen LogP contribution in [0.5, 0.6) is 5.75 Å². The molecule has 0 bridgehead atoms. The van der Waals surface area contributed by atoms with Gasteiger partial charge in [0.05, 0.1) is 19.9 Å². The van der Waals surface area contributed by atoms with Gasteiger partial charge in [0, 0.05) is 37.6 Å². The number of nitrogens with zero attached hydrogens (tertiary/aromatic N) is 2. The highest BCUT2D eigenvalue weighted by atomic mass is 16.5. The number of nitrogens with one attached hydrogen (secondary N) is 2. The largest absolute Gasteiger partial charge is 0.497 e. The molecule has 2 fully saturated rings. The number of hydrogen-bond donors (Lipinski definition) is 2. The van der Waals surface area contributed by atoms with E-state index in [4.69, 9.17) is 14.1 Å². The second kappa shape index (κ2) is 9.35. The lowest BCUT2D eigenvalue weighted by Gasteiger charge is -2.20. The first-order chi connectivity index (χ1) is 14.2. The Bertz CT molecular complexity index is 784. The third kappa shape index (κ3) is 5.54. The fourth-order valence-corrected chi connectivity index (χ4v) is 4.08. The van der Waals surface area contributed by atoms with Gasteiger partial charge in [-0.1, -0.05) is 12.1 Å². The summed E-state index contributed by atoms with van der Waals surface area (Å²) in [5, 5.41) is 7.16. The quantitative estimate of drug-likeness (QED) is 0.530. The van der Waals surface area contributed by atoms with Gasteiger partial charge in [0.1, 0.15) is 11.5 Å². The summed E-state index contributed by atoms with van der Waals surface area (Å²) in [7, 11) is 1.69. The minimum absolute atomic E-state index is 0.441. The molecule has 1 saturated heterocycles. The van der Waals surface area contributed by atoms with Gasteiger partial charge in [-0.15, -0.1) is 0 Å². The van der Waals surface area contributed by atoms with Crippen LogP contribution in [0.2, 0.25) is 0 Å². The molecule has 1 aliphatic carbocycles. The number of benzene rings is 1. The van der Waals surface area contributed by atoms with Gasteiger partial charge < -0.3 is 19.8 Å². The summed E-state index contributed by atoms with van der Waals surface area (Å²) in [6.07, 6.45) is 6.44. The van der Waals surface area contributed by atoms with Crippen molar-refractivity contribution >= 4 is 5.96 Å². The third-order valence-corrected chi connectivity index (χ3v) is 5.80. The molecule has 1 aromatic heterocycles. The summed E-state index contributed by atoms with van der Waals surface area (Å²) in [5.41, 5.74) is 1.16. The zero-order chi connectivity index (χ0) is 20.1. The second-order valence-corrected chi connectivity index (χ2v) is 8.12. The standard InChI is InChI=1S/C23H32N4O2/c1-17-14-19(16-27(17)20-7-8-20)26-23(24-12-11-22-4-3-13-29-22)25-15-18-5-9-21(28-2)10-6-18/h3-6,9-10,13,17,19-20H,7-8,11-12,14-16H2,1-2H3,(H2,24,25,26). The van der Waals surface area contributed by atoms with Gasteiger partial charge in [-0.05, 0) is 56.0 Å². The molecule has 2 aliphatic rings. The van der Waals surface area contributed by atoms with Crippen LogP contribution in [0, 0.1) is 0 Å². The van der Waals surface area contributed by atoms with Crippen LogP contribution in [0.25, 0.3) is 0 Å². The van der Waals surface area contributed by atoms with Crippen LogP contribution in [0.15, 0.2) is 52.1 Å². The zero-order valence-corrected chi connectivity index (χ0v) is 17.4. The Hall–Kier alpha value is -2.47. The summed E-state index contributed by atoms with van der Waals surface area (Å²) >= 11 is 0. The van der Waals surface area contributed by atoms with Crippen LogP contribution in [0.4, 0.5) is 0 Å². The van der Waals surface area contributed by atoms with Gasteiger partial charge >= 0.3 is 0 Å². The monoisotopic (exact) mass is 396 g/mol. The minimum atomic E-state index is 0.441. The Balaban J connectivity index is 1.36. The summed E-state index contributed by atoms with van der Waals surface area (Å²) in [6, 6.07) is 13.9. The molecule has 6 nitrogen and oxygen atoms in total. The van der Waals surface area contributed by atoms with Gasteiger partial charge in [0.15, 0.2) is 5.96 Å². The van der Waals surface area contributed by atoms with E-state index in [1.165, 1.54) is 12.8 Å². The molecule has 0 amide bonds. The van der Waals surface area contributed by atoms with E-state index in [2.05, 4.69) is 34.6 Å². The molecular formula is C23H32N4O2. The Morgan fingerprint density at radius 3 is 2.76 bits per heavy atom. The average Bonchev–Trinajstić information content (AvgIpc) is 3.32. The molecule has 29 heavy (non-hydrogen) atoms. The Morgan fingerprint density at radius 1 is 1.24 bits per heavy atom. The molecule has 2 heterocycles. The lowest BCUT2D eigenvalue weighted by atomic mass is 10.2. The number of furan rings is 1. The number of guanidine groups is 1. The molecular weight excluding hydrogens is 364 g/mol. The van der Waals surface area contributed by atoms with Crippen LogP contribution in [0.1, 0.15) is 37.5 Å². The van der Waals surface area contributed by atoms with Gasteiger partial charge in [-0.2, -0.15) is 0 Å². The van der Waals surface area contributed by atoms with Crippen LogP contribution in [0.3, 0.4) is 0 Å². The lowest BCUT2D eigenvalue weighted by molar-refractivity contribution is 0.256. The molecule has 156 valence electrons. The molecule has 4 rings (SSSR count). The summed E-state index contributed by atoms with van der Waals surface area (Å²) in [4.78, 5) is 7.50. The summed E-state index contributed by atoms with van der Waals surface area (Å²) < 4.78 is 10.7. The van der Waals surface area contributed by atoms with Crippen molar-refractivity contribution < 1.29 is 9.15 Å². The van der Waals surface area contributed by atoms with Crippen molar-refractivity contribution in [2.24, 2.45) is 4.99 Å². The Kier molecular flexibility index (Phi) is 6.39. The fourth-order valence-electron chi connectivity index (χ4n) is 4.08. The number of ether oxygens (including phenoxy) is 1. The van der Waals surface area contributed by atoms with Crippen molar-refractivity contribution in [2.45, 2.75) is 57.3 Å². The van der Waals surface area contributed by atoms with E-state index >= 15 is 0 Å². The highest BCUT2D eigenvalue weighted by molar-refractivity contribution is 5.80. The van der Waals surface area contributed by atoms with Gasteiger partial charge in [0.25, 0.3) is 0 Å². The van der Waals surface area contributed by atoms with Crippen molar-refractivity contribution in [3.63, 3.8) is 0 Å². The maximum Gasteiger partial charge on any atom is 0.191 e. The van der Waals surface area contributed by atoms with Gasteiger partial charge in [0.2, 0.25) is 0 Å². The Morgan fingerprint density at radius 2 is 2.07 bits per heavy atom. The van der Waals surface area contributed by atoms with E-state index in [0.29, 0.717) is 18.6 Å². The molecule has 2 aromatic rings. The normalized spacial score (nSPS) is 22.6. The van der Waals surface area contributed by atoms with Crippen molar-refractivity contribution in [2.75, 3.05) is 20.2 Å². The van der Waals surface area contributed by atoms with E-state index in [1.807, 2.05) is 24.3 Å². The SMILES string of the molecule is COc1ccc(CN=C(NCCc2ccco2)NC2CC(C)N(C3CC3)C2)cc1. The topological polar surface area (TPSA) is 62.0 Å². The summed E-state index contributed by atoms with van der Waals surface area (Å²) in [6.45, 7) is 4.87. The molecule has 2 atom stereocenters. The molecule has 2 unspecified atom stereocenters. The molecule has 1 saturated carbocycles. The number of hydrogen-bond acceptors (Lipinski definition) is 4. The highest BCUT2D eigenvalue weighted by Gasteiger charge is 2.38. The van der Waals surface area contributed by atoms with Crippen LogP contribution < -0.4 is 15.4 Å². The van der Waals surface area contributed by atoms with Crippen LogP contribution in [-0.2, 0) is 13.0 Å². The fraction of sp³-hybridized carbons (Fsp3) is 0.522. The van der Waals surface area contributed by atoms with Gasteiger partial charge in [-0.3, -0.25) is 4.90 Å². The van der Waals surface area contributed by atoms with Crippen molar-refractivity contribution in [3.05, 3.63) is 54.0 Å². The van der Waals surface area contributed by atoms with Crippen molar-refractivity contribution in [3.8, 4) is 5.75 Å². The Labute approximate surface area is 173 Å². The lowest BCUT2D eigenvalue weighted by Crippen LogP contribution is -2.45. The van der Waals surface area contributed by atoms with E-state index in [9.17, 15) is 0 Å². The van der Waals surface area contributed by atoms with E-state index in [-0.39, 0.29) is 0 Å². The van der Waals surface area contributed by atoms with E-state index < -0.39 is 0 Å². The van der Waals surface area contributed by atoms with E-state index in [1.54, 1.807) is 13.4 Å². The first-order valence-corrected chi connectivity index (χ1v) is 10.7.